The Labute approximate surface area is 759 Å². The summed E-state index contributed by atoms with van der Waals surface area (Å²) in [7, 11) is 0. The van der Waals surface area contributed by atoms with Crippen molar-refractivity contribution in [2.75, 3.05) is 0 Å². The number of hydrogen-bond donors (Lipinski definition) is 0. The number of furan rings is 1. The zero-order valence-corrected chi connectivity index (χ0v) is 71.9. The first kappa shape index (κ1) is 74.3. The second-order valence-electron chi connectivity index (χ2n) is 33.6. The first-order chi connectivity index (χ1) is 64.4. The average Bonchev–Trinajstić information content (AvgIpc) is 1.48. The van der Waals surface area contributed by atoms with E-state index in [1.807, 2.05) is 102 Å². The summed E-state index contributed by atoms with van der Waals surface area (Å²) in [6.07, 6.45) is 0. The van der Waals surface area contributed by atoms with Crippen LogP contribution in [0, 0.1) is 0 Å². The molecule has 28 rings (SSSR count). The van der Waals surface area contributed by atoms with Gasteiger partial charge in [-0.2, -0.15) is 0 Å². The third-order valence-corrected chi connectivity index (χ3v) is 30.4. The largest absolute Gasteiger partial charge is 0.456 e. The molecule has 2 aliphatic heterocycles. The fourth-order valence-electron chi connectivity index (χ4n) is 21.3. The van der Waals surface area contributed by atoms with Crippen molar-refractivity contribution in [1.29, 1.82) is 0 Å². The molecule has 0 atom stereocenters. The topological polar surface area (TPSA) is 116 Å². The van der Waals surface area contributed by atoms with Gasteiger partial charge in [-0.1, -0.05) is 375 Å². The zero-order valence-electron chi connectivity index (χ0n) is 69.5. The minimum absolute atomic E-state index is 0.476. The first-order valence-corrected chi connectivity index (χ1v) is 46.2. The summed E-state index contributed by atoms with van der Waals surface area (Å²) in [5, 5.41) is 11.4. The van der Waals surface area contributed by atoms with Crippen molar-refractivity contribution in [3.63, 3.8) is 0 Å². The van der Waals surface area contributed by atoms with Crippen molar-refractivity contribution >= 4 is 120 Å². The molecule has 604 valence electrons. The van der Waals surface area contributed by atoms with Gasteiger partial charge in [0, 0.05) is 127 Å². The fourth-order valence-corrected chi connectivity index (χ4v) is 25.2. The molecule has 0 saturated heterocycles. The van der Waals surface area contributed by atoms with Crippen LogP contribution < -0.4 is 0 Å². The highest BCUT2D eigenvalue weighted by atomic mass is 32.2. The normalized spacial score (nSPS) is 13.3. The van der Waals surface area contributed by atoms with Gasteiger partial charge in [0.25, 0.3) is 0 Å². The molecule has 0 saturated carbocycles. The van der Waals surface area contributed by atoms with Crippen LogP contribution in [-0.2, 0) is 10.8 Å². The predicted octanol–water partition coefficient (Wildman–Crippen LogP) is 30.4. The number of fused-ring (bicyclic) bond motifs is 32. The summed E-state index contributed by atoms with van der Waals surface area (Å²) in [5.74, 6) is 3.66. The lowest BCUT2D eigenvalue weighted by atomic mass is 9.67. The minimum atomic E-state index is -0.483. The van der Waals surface area contributed by atoms with Gasteiger partial charge in [-0.05, 0) is 127 Å². The van der Waals surface area contributed by atoms with Crippen LogP contribution in [-0.4, -0.2) is 39.9 Å². The molecule has 12 heteroatoms. The first-order valence-electron chi connectivity index (χ1n) is 43.8. The van der Waals surface area contributed by atoms with Crippen LogP contribution in [0.2, 0.25) is 0 Å². The Bertz CT molecular complexity index is 8840. The molecule has 130 heavy (non-hydrogen) atoms. The quantitative estimate of drug-likeness (QED) is 0.135. The summed E-state index contributed by atoms with van der Waals surface area (Å²) in [5.41, 5.74) is 27.6. The van der Waals surface area contributed by atoms with E-state index < -0.39 is 10.8 Å². The Morgan fingerprint density at radius 3 is 1.08 bits per heavy atom. The van der Waals surface area contributed by atoms with E-state index in [0.717, 1.165) is 110 Å². The van der Waals surface area contributed by atoms with Crippen molar-refractivity contribution in [1.82, 2.24) is 39.9 Å². The molecule has 0 radical (unpaired) electrons. The standard InChI is InChI=1S/C59H34N4OS.C59H34N4S2/c1-2-16-35(17-3-1)56-61-57(63-58(62-56)43-24-15-30-50-52(43)41-23-7-12-29-49(41)64-50)37-19-14-18-36(34-37)54-42-32-33-47-55(53(42)40-22-6-11-28-48(40)60-54)65-51-31-13-10-27-46(51)59(47)44-25-8-4-20-38(44)39-21-5-9-26-45(39)59;1-2-16-35(17-3-1)56-61-57(63-58(62-56)44-25-15-24-41-40-22-7-12-30-50(40)64-54(41)44)37-19-14-18-36(34-37)53-43-32-33-48-55(52(43)42-23-6-11-29-49(42)60-53)65-51-31-13-10-28-47(51)59(48)45-26-8-4-20-38(45)39-21-5-9-27-46(39)59/h2*1-34H. The van der Waals surface area contributed by atoms with Gasteiger partial charge in [0.05, 0.1) is 33.3 Å². The van der Waals surface area contributed by atoms with E-state index in [1.165, 1.54) is 117 Å². The summed E-state index contributed by atoms with van der Waals surface area (Å²) in [6.45, 7) is 0. The van der Waals surface area contributed by atoms with E-state index in [-0.39, 0.29) is 0 Å². The van der Waals surface area contributed by atoms with Crippen LogP contribution in [0.5, 0.6) is 0 Å². The van der Waals surface area contributed by atoms with E-state index in [1.54, 1.807) is 11.3 Å². The Balaban J connectivity index is 0.000000134. The maximum absolute atomic E-state index is 6.31. The van der Waals surface area contributed by atoms with Crippen LogP contribution in [0.15, 0.2) is 437 Å². The summed E-state index contributed by atoms with van der Waals surface area (Å²) < 4.78 is 8.72. The molecule has 6 aromatic heterocycles. The van der Waals surface area contributed by atoms with Crippen molar-refractivity contribution in [2.24, 2.45) is 0 Å². The number of rotatable bonds is 8. The molecular weight excluding hydrogens is 1640 g/mol. The Hall–Kier alpha value is -16.0. The van der Waals surface area contributed by atoms with Gasteiger partial charge in [-0.15, -0.1) is 11.3 Å². The van der Waals surface area contributed by atoms with Crippen LogP contribution in [0.4, 0.5) is 0 Å². The summed E-state index contributed by atoms with van der Waals surface area (Å²) in [6, 6.07) is 147. The molecular formula is C118H68N8OS3. The molecule has 18 aromatic carbocycles. The van der Waals surface area contributed by atoms with Gasteiger partial charge in [0.1, 0.15) is 11.2 Å². The average molecular weight is 1710 g/mol. The van der Waals surface area contributed by atoms with Crippen LogP contribution in [0.3, 0.4) is 0 Å². The van der Waals surface area contributed by atoms with Gasteiger partial charge in [-0.3, -0.25) is 0 Å². The molecule has 24 aromatic rings. The molecule has 0 amide bonds. The number of thiophene rings is 1. The van der Waals surface area contributed by atoms with Crippen molar-refractivity contribution in [3.05, 3.63) is 457 Å². The molecule has 2 aliphatic carbocycles. The van der Waals surface area contributed by atoms with Crippen LogP contribution in [0.25, 0.3) is 199 Å². The van der Waals surface area contributed by atoms with E-state index >= 15 is 0 Å². The van der Waals surface area contributed by atoms with Crippen molar-refractivity contribution in [2.45, 2.75) is 30.4 Å². The van der Waals surface area contributed by atoms with Crippen molar-refractivity contribution < 1.29 is 4.42 Å². The number of benzene rings is 18. The molecule has 8 heterocycles. The lowest BCUT2D eigenvalue weighted by molar-refractivity contribution is 0.669. The minimum Gasteiger partial charge on any atom is -0.456 e. The molecule has 0 bridgehead atoms. The molecule has 0 unspecified atom stereocenters. The van der Waals surface area contributed by atoms with Crippen molar-refractivity contribution in [3.8, 4) is 113 Å². The lowest BCUT2D eigenvalue weighted by Crippen LogP contribution is -2.32. The second-order valence-corrected chi connectivity index (χ2v) is 36.8. The molecule has 4 aliphatic rings. The predicted molar refractivity (Wildman–Crippen MR) is 532 cm³/mol. The zero-order chi connectivity index (χ0) is 85.3. The van der Waals surface area contributed by atoms with Crippen LogP contribution in [0.1, 0.15) is 44.5 Å². The van der Waals surface area contributed by atoms with E-state index in [4.69, 9.17) is 44.3 Å². The monoisotopic (exact) mass is 1710 g/mol. The third kappa shape index (κ3) is 11.1. The Morgan fingerprint density at radius 2 is 0.562 bits per heavy atom. The lowest BCUT2D eigenvalue weighted by Gasteiger charge is -2.40. The smallest absolute Gasteiger partial charge is 0.165 e. The van der Waals surface area contributed by atoms with Crippen LogP contribution >= 0.6 is 34.9 Å². The SMILES string of the molecule is c1ccc(-c2nc(-c3cccc(-c4nc5ccccc5c5c6c(ccc45)C4(c5ccccc5S6)c5ccccc5-c5ccccc54)c3)nc(-c3cccc4c3sc3ccccc34)n2)cc1.c1ccc(-c2nc(-c3cccc(-c4nc5ccccc5c5c6c(ccc45)C4(c5ccccc5S6)c5ccccc5-c5ccccc54)c3)nc(-c3cccc4oc5ccccc5c34)n2)cc1. The van der Waals surface area contributed by atoms with E-state index in [2.05, 4.69) is 334 Å². The number of aromatic nitrogens is 8. The van der Waals surface area contributed by atoms with Gasteiger partial charge in [0.2, 0.25) is 0 Å². The molecule has 9 nitrogen and oxygen atoms in total. The number of nitrogens with zero attached hydrogens (tertiary/aromatic N) is 8. The fraction of sp³-hybridized carbons (Fsp3) is 0.0169. The number of hydrogen-bond acceptors (Lipinski definition) is 12. The Morgan fingerprint density at radius 1 is 0.208 bits per heavy atom. The number of para-hydroxylation sites is 3. The Kier molecular flexibility index (Phi) is 16.8. The molecule has 0 N–H and O–H groups in total. The summed E-state index contributed by atoms with van der Waals surface area (Å²) in [4.78, 5) is 47.2. The van der Waals surface area contributed by atoms with Gasteiger partial charge in [0.15, 0.2) is 34.9 Å². The third-order valence-electron chi connectivity index (χ3n) is 26.8. The molecule has 0 fully saturated rings. The highest BCUT2D eigenvalue weighted by molar-refractivity contribution is 8.00. The molecule has 2 spiro atoms. The van der Waals surface area contributed by atoms with E-state index in [0.29, 0.717) is 34.9 Å². The highest BCUT2D eigenvalue weighted by Gasteiger charge is 2.53. The highest BCUT2D eigenvalue weighted by Crippen LogP contribution is 2.66. The van der Waals surface area contributed by atoms with Gasteiger partial charge < -0.3 is 4.42 Å². The second kappa shape index (κ2) is 29.3. The van der Waals surface area contributed by atoms with Gasteiger partial charge >= 0.3 is 0 Å². The van der Waals surface area contributed by atoms with Gasteiger partial charge in [-0.25, -0.2) is 39.9 Å². The maximum atomic E-state index is 6.31. The maximum Gasteiger partial charge on any atom is 0.165 e. The number of pyridine rings is 2. The summed E-state index contributed by atoms with van der Waals surface area (Å²) >= 11 is 5.55. The van der Waals surface area contributed by atoms with E-state index in [9.17, 15) is 0 Å².